The van der Waals surface area contributed by atoms with Crippen molar-refractivity contribution in [3.05, 3.63) is 162 Å². The SMILES string of the molecule is C=Nc1ccccc1C(C)=NCc1cccc2ccccc12.Cc1ccccc1-c1ccc2ccc3c4ccccc4sc3c2c1C. The Morgan fingerprint density at radius 1 is 0.617 bits per heavy atom. The van der Waals surface area contributed by atoms with Crippen LogP contribution < -0.4 is 0 Å². The lowest BCUT2D eigenvalue weighted by atomic mass is 9.92. The average Bonchev–Trinajstić information content (AvgIpc) is 3.50. The molecule has 0 N–H and O–H groups in total. The second-order valence-electron chi connectivity index (χ2n) is 11.9. The van der Waals surface area contributed by atoms with E-state index < -0.39 is 0 Å². The number of aryl methyl sites for hydroxylation is 2. The van der Waals surface area contributed by atoms with Gasteiger partial charge in [-0.1, -0.05) is 127 Å². The van der Waals surface area contributed by atoms with E-state index in [1.54, 1.807) is 0 Å². The number of thiophene rings is 1. The molecule has 7 aromatic carbocycles. The molecule has 8 rings (SSSR count). The van der Waals surface area contributed by atoms with Crippen LogP contribution in [-0.2, 0) is 6.54 Å². The van der Waals surface area contributed by atoms with E-state index in [1.807, 2.05) is 42.5 Å². The van der Waals surface area contributed by atoms with Crippen LogP contribution in [0.5, 0.6) is 0 Å². The highest BCUT2D eigenvalue weighted by Crippen LogP contribution is 2.41. The molecular formula is C44H36N2S. The van der Waals surface area contributed by atoms with Crippen molar-refractivity contribution in [2.24, 2.45) is 9.98 Å². The Bertz CT molecular complexity index is 2440. The number of aliphatic imine (C=N–C) groups is 2. The predicted octanol–water partition coefficient (Wildman–Crippen LogP) is 12.7. The average molecular weight is 625 g/mol. The highest BCUT2D eigenvalue weighted by atomic mass is 32.1. The zero-order chi connectivity index (χ0) is 32.3. The Morgan fingerprint density at radius 2 is 1.32 bits per heavy atom. The summed E-state index contributed by atoms with van der Waals surface area (Å²) in [4.78, 5) is 8.82. The third-order valence-electron chi connectivity index (χ3n) is 9.05. The fourth-order valence-corrected chi connectivity index (χ4v) is 7.88. The van der Waals surface area contributed by atoms with Gasteiger partial charge in [0.25, 0.3) is 0 Å². The van der Waals surface area contributed by atoms with Gasteiger partial charge in [-0.3, -0.25) is 9.98 Å². The number of para-hydroxylation sites is 1. The summed E-state index contributed by atoms with van der Waals surface area (Å²) in [5.74, 6) is 0. The summed E-state index contributed by atoms with van der Waals surface area (Å²) in [5.41, 5.74) is 9.52. The van der Waals surface area contributed by atoms with Crippen LogP contribution in [-0.4, -0.2) is 12.4 Å². The van der Waals surface area contributed by atoms with E-state index in [9.17, 15) is 0 Å². The quantitative estimate of drug-likeness (QED) is 0.170. The van der Waals surface area contributed by atoms with Crippen LogP contribution in [0.4, 0.5) is 5.69 Å². The van der Waals surface area contributed by atoms with Crippen molar-refractivity contribution in [3.63, 3.8) is 0 Å². The monoisotopic (exact) mass is 624 g/mol. The summed E-state index contributed by atoms with van der Waals surface area (Å²) in [6.07, 6.45) is 0. The molecule has 0 amide bonds. The molecule has 0 saturated heterocycles. The highest BCUT2D eigenvalue weighted by Gasteiger charge is 2.13. The van der Waals surface area contributed by atoms with Crippen molar-refractivity contribution < 1.29 is 0 Å². The first-order chi connectivity index (χ1) is 23.0. The zero-order valence-corrected chi connectivity index (χ0v) is 27.8. The predicted molar refractivity (Wildman–Crippen MR) is 207 cm³/mol. The molecule has 0 fully saturated rings. The standard InChI is InChI=1S/C24H18S.C20H18N2/c1-15-7-3-4-8-18(15)19-13-11-17-12-14-21-20-9-5-6-10-22(20)25-24(21)23(17)16(19)2;1-15(18-11-5-6-13-20(18)21-2)22-14-17-10-7-9-16-8-3-4-12-19(16)17/h3-14H,1-2H3;3-13H,2,14H2,1H3. The van der Waals surface area contributed by atoms with Crippen molar-refractivity contribution in [2.75, 3.05) is 0 Å². The van der Waals surface area contributed by atoms with Crippen molar-refractivity contribution >= 4 is 71.2 Å². The summed E-state index contributed by atoms with van der Waals surface area (Å²) >= 11 is 1.91. The number of rotatable bonds is 5. The first kappa shape index (κ1) is 30.3. The molecule has 0 aliphatic heterocycles. The van der Waals surface area contributed by atoms with Crippen LogP contribution in [0.3, 0.4) is 0 Å². The van der Waals surface area contributed by atoms with Crippen LogP contribution in [0.2, 0.25) is 0 Å². The van der Waals surface area contributed by atoms with Gasteiger partial charge < -0.3 is 0 Å². The van der Waals surface area contributed by atoms with E-state index in [1.165, 1.54) is 69.5 Å². The maximum absolute atomic E-state index is 4.75. The van der Waals surface area contributed by atoms with Gasteiger partial charge in [0.15, 0.2) is 0 Å². The molecular weight excluding hydrogens is 589 g/mol. The van der Waals surface area contributed by atoms with Crippen LogP contribution in [0.25, 0.3) is 52.8 Å². The summed E-state index contributed by atoms with van der Waals surface area (Å²) in [6, 6.07) is 49.2. The van der Waals surface area contributed by atoms with E-state index in [0.717, 1.165) is 17.0 Å². The van der Waals surface area contributed by atoms with E-state index in [-0.39, 0.29) is 0 Å². The Hall–Kier alpha value is -5.38. The Kier molecular flexibility index (Phi) is 8.48. The third-order valence-corrected chi connectivity index (χ3v) is 10.3. The summed E-state index contributed by atoms with van der Waals surface area (Å²) in [7, 11) is 0. The number of fused-ring (bicyclic) bond motifs is 6. The number of hydrogen-bond acceptors (Lipinski definition) is 3. The Balaban J connectivity index is 0.000000151. The largest absolute Gasteiger partial charge is 0.285 e. The van der Waals surface area contributed by atoms with Gasteiger partial charge in [-0.25, -0.2) is 0 Å². The van der Waals surface area contributed by atoms with Crippen LogP contribution >= 0.6 is 11.3 Å². The maximum atomic E-state index is 4.75. The minimum atomic E-state index is 0.665. The van der Waals surface area contributed by atoms with Gasteiger partial charge in [0, 0.05) is 36.8 Å². The van der Waals surface area contributed by atoms with Crippen molar-refractivity contribution in [1.29, 1.82) is 0 Å². The lowest BCUT2D eigenvalue weighted by molar-refractivity contribution is 1.08. The molecule has 0 bridgehead atoms. The molecule has 47 heavy (non-hydrogen) atoms. The first-order valence-electron chi connectivity index (χ1n) is 16.0. The molecule has 2 nitrogen and oxygen atoms in total. The lowest BCUT2D eigenvalue weighted by Gasteiger charge is -2.13. The fraction of sp³-hybridized carbons (Fsp3) is 0.0909. The first-order valence-corrected chi connectivity index (χ1v) is 16.8. The zero-order valence-electron chi connectivity index (χ0n) is 27.0. The number of nitrogens with zero attached hydrogens (tertiary/aromatic N) is 2. The summed E-state index contributed by atoms with van der Waals surface area (Å²) in [6.45, 7) is 10.8. The van der Waals surface area contributed by atoms with E-state index >= 15 is 0 Å². The van der Waals surface area contributed by atoms with E-state index in [0.29, 0.717) is 6.54 Å². The minimum Gasteiger partial charge on any atom is -0.285 e. The summed E-state index contributed by atoms with van der Waals surface area (Å²) < 4.78 is 2.78. The minimum absolute atomic E-state index is 0.665. The van der Waals surface area contributed by atoms with Crippen LogP contribution in [0, 0.1) is 13.8 Å². The molecule has 0 aliphatic carbocycles. The molecule has 0 spiro atoms. The molecule has 0 radical (unpaired) electrons. The molecule has 1 heterocycles. The van der Waals surface area contributed by atoms with Crippen molar-refractivity contribution in [1.82, 2.24) is 0 Å². The smallest absolute Gasteiger partial charge is 0.0712 e. The van der Waals surface area contributed by atoms with E-state index in [2.05, 4.69) is 141 Å². The number of hydrogen-bond donors (Lipinski definition) is 0. The molecule has 3 heteroatoms. The topological polar surface area (TPSA) is 24.7 Å². The highest BCUT2D eigenvalue weighted by molar-refractivity contribution is 7.26. The molecule has 0 unspecified atom stereocenters. The second-order valence-corrected chi connectivity index (χ2v) is 13.0. The normalized spacial score (nSPS) is 11.6. The van der Waals surface area contributed by atoms with Crippen LogP contribution in [0.15, 0.2) is 150 Å². The van der Waals surface area contributed by atoms with Crippen molar-refractivity contribution in [3.8, 4) is 11.1 Å². The fourth-order valence-electron chi connectivity index (χ4n) is 6.57. The van der Waals surface area contributed by atoms with Crippen LogP contribution in [0.1, 0.15) is 29.2 Å². The molecule has 8 aromatic rings. The Morgan fingerprint density at radius 3 is 2.17 bits per heavy atom. The molecule has 0 saturated carbocycles. The molecule has 0 aliphatic rings. The van der Waals surface area contributed by atoms with Gasteiger partial charge in [-0.15, -0.1) is 11.3 Å². The third kappa shape index (κ3) is 5.87. The maximum Gasteiger partial charge on any atom is 0.0712 e. The second kappa shape index (κ2) is 13.2. The molecule has 228 valence electrons. The Labute approximate surface area is 280 Å². The van der Waals surface area contributed by atoms with Gasteiger partial charge in [0.1, 0.15) is 0 Å². The molecule has 1 aromatic heterocycles. The van der Waals surface area contributed by atoms with Gasteiger partial charge in [-0.05, 0) is 83.6 Å². The van der Waals surface area contributed by atoms with E-state index in [4.69, 9.17) is 4.99 Å². The van der Waals surface area contributed by atoms with Gasteiger partial charge >= 0.3 is 0 Å². The van der Waals surface area contributed by atoms with Crippen molar-refractivity contribution in [2.45, 2.75) is 27.3 Å². The van der Waals surface area contributed by atoms with Gasteiger partial charge in [0.05, 0.1) is 12.2 Å². The number of benzene rings is 7. The van der Waals surface area contributed by atoms with Gasteiger partial charge in [0.2, 0.25) is 0 Å². The van der Waals surface area contributed by atoms with Gasteiger partial charge in [-0.2, -0.15) is 0 Å². The summed E-state index contributed by atoms with van der Waals surface area (Å²) in [5, 5.41) is 7.98. The molecule has 0 atom stereocenters. The lowest BCUT2D eigenvalue weighted by Crippen LogP contribution is -1.96.